The van der Waals surface area contributed by atoms with Crippen LogP contribution in [0.5, 0.6) is 0 Å². The van der Waals surface area contributed by atoms with E-state index in [1.807, 2.05) is 30.3 Å². The topological polar surface area (TPSA) is 68.4 Å². The molecule has 176 valence electrons. The van der Waals surface area contributed by atoms with Gasteiger partial charge in [0.2, 0.25) is 6.29 Å². The highest BCUT2D eigenvalue weighted by Gasteiger charge is 2.44. The molecule has 7 heteroatoms. The first-order chi connectivity index (χ1) is 15.2. The number of amides is 2. The summed E-state index contributed by atoms with van der Waals surface area (Å²) in [4.78, 5) is 15.1. The van der Waals surface area contributed by atoms with E-state index in [1.165, 1.54) is 0 Å². The molecule has 4 N–H and O–H groups in total. The molecule has 0 saturated carbocycles. The molecule has 0 aromatic heterocycles. The maximum atomic E-state index is 12.9. The summed E-state index contributed by atoms with van der Waals surface area (Å²) in [7, 11) is 8.56. The first-order valence-electron chi connectivity index (χ1n) is 11.7. The van der Waals surface area contributed by atoms with Crippen LogP contribution in [-0.4, -0.2) is 75.2 Å². The van der Waals surface area contributed by atoms with Crippen molar-refractivity contribution in [3.05, 3.63) is 42.5 Å². The first kappa shape index (κ1) is 24.5. The summed E-state index contributed by atoms with van der Waals surface area (Å²) < 4.78 is 0.635. The Kier molecular flexibility index (Phi) is 8.11. The summed E-state index contributed by atoms with van der Waals surface area (Å²) in [6.45, 7) is 6.50. The minimum Gasteiger partial charge on any atom is -0.309 e. The van der Waals surface area contributed by atoms with Gasteiger partial charge in [0, 0.05) is 24.7 Å². The van der Waals surface area contributed by atoms with Crippen LogP contribution >= 0.6 is 0 Å². The van der Waals surface area contributed by atoms with Crippen LogP contribution in [0.4, 0.5) is 10.5 Å². The minimum absolute atomic E-state index is 0.192. The van der Waals surface area contributed by atoms with Gasteiger partial charge in [-0.1, -0.05) is 44.2 Å². The molecule has 2 aromatic carbocycles. The average Bonchev–Trinajstić information content (AvgIpc) is 2.73. The fourth-order valence-corrected chi connectivity index (χ4v) is 4.37. The molecule has 0 radical (unpaired) electrons. The number of nitrogens with zero attached hydrogens (tertiary/aromatic N) is 2. The molecule has 1 fully saturated rings. The molecule has 2 amide bonds. The summed E-state index contributed by atoms with van der Waals surface area (Å²) in [5.74, 6) is 0.481. The predicted molar refractivity (Wildman–Crippen MR) is 133 cm³/mol. The number of hydrogen-bond acceptors (Lipinski definition) is 4. The van der Waals surface area contributed by atoms with Crippen LogP contribution in [0.25, 0.3) is 10.8 Å². The number of nitrogens with one attached hydrogen (secondary N) is 4. The number of rotatable bonds is 8. The van der Waals surface area contributed by atoms with Crippen LogP contribution < -0.4 is 21.3 Å². The lowest BCUT2D eigenvalue weighted by Crippen LogP contribution is -2.77. The summed E-state index contributed by atoms with van der Waals surface area (Å²) >= 11 is 0. The highest BCUT2D eigenvalue weighted by Crippen LogP contribution is 2.24. The van der Waals surface area contributed by atoms with Gasteiger partial charge in [-0.3, -0.25) is 15.1 Å². The van der Waals surface area contributed by atoms with E-state index in [-0.39, 0.29) is 18.5 Å². The van der Waals surface area contributed by atoms with Gasteiger partial charge in [0.15, 0.2) is 0 Å². The third kappa shape index (κ3) is 6.19. The van der Waals surface area contributed by atoms with E-state index in [9.17, 15) is 4.79 Å². The highest BCUT2D eigenvalue weighted by molar-refractivity contribution is 5.93. The zero-order valence-electron chi connectivity index (χ0n) is 20.5. The Morgan fingerprint density at radius 1 is 1.16 bits per heavy atom. The van der Waals surface area contributed by atoms with E-state index in [1.54, 1.807) is 0 Å². The molecule has 1 aliphatic rings. The highest BCUT2D eigenvalue weighted by atomic mass is 16.2. The van der Waals surface area contributed by atoms with Gasteiger partial charge in [0.05, 0.1) is 14.1 Å². The lowest BCUT2D eigenvalue weighted by atomic mass is 9.95. The molecule has 3 rings (SSSR count). The zero-order chi connectivity index (χ0) is 23.3. The summed E-state index contributed by atoms with van der Waals surface area (Å²) in [6.07, 6.45) is 2.20. The molecule has 1 aliphatic heterocycles. The maximum absolute atomic E-state index is 12.9. The predicted octanol–water partition coefficient (Wildman–Crippen LogP) is 3.21. The van der Waals surface area contributed by atoms with Crippen LogP contribution in [0.15, 0.2) is 42.5 Å². The van der Waals surface area contributed by atoms with Crippen molar-refractivity contribution in [2.24, 2.45) is 5.92 Å². The molecule has 1 heterocycles. The SMILES string of the molecule is CC(C)C1CC(NCCCN(C)C)[N+](C)(C)C(NC(=O)Nc2ccc3ccccc3c2)N1. The molecular formula is C25H41N6O+. The van der Waals surface area contributed by atoms with Crippen LogP contribution in [0, 0.1) is 5.92 Å². The Morgan fingerprint density at radius 3 is 2.56 bits per heavy atom. The minimum atomic E-state index is -0.195. The van der Waals surface area contributed by atoms with Gasteiger partial charge in [-0.05, 0) is 55.9 Å². The summed E-state index contributed by atoms with van der Waals surface area (Å²) in [5, 5.41) is 15.9. The van der Waals surface area contributed by atoms with Crippen molar-refractivity contribution in [3.63, 3.8) is 0 Å². The Labute approximate surface area is 193 Å². The number of carbonyl (C=O) groups is 1. The third-order valence-electron chi connectivity index (χ3n) is 6.56. The zero-order valence-corrected chi connectivity index (χ0v) is 20.5. The van der Waals surface area contributed by atoms with Crippen LogP contribution in [-0.2, 0) is 0 Å². The number of fused-ring (bicyclic) bond motifs is 1. The third-order valence-corrected chi connectivity index (χ3v) is 6.56. The van der Waals surface area contributed by atoms with Crippen LogP contribution in [0.1, 0.15) is 26.7 Å². The second-order valence-corrected chi connectivity index (χ2v) is 10.1. The second-order valence-electron chi connectivity index (χ2n) is 10.1. The van der Waals surface area contributed by atoms with Crippen molar-refractivity contribution >= 4 is 22.5 Å². The lowest BCUT2D eigenvalue weighted by Gasteiger charge is -2.51. The lowest BCUT2D eigenvalue weighted by molar-refractivity contribution is -0.953. The van der Waals surface area contributed by atoms with Gasteiger partial charge in [-0.25, -0.2) is 10.1 Å². The quantitative estimate of drug-likeness (QED) is 0.375. The van der Waals surface area contributed by atoms with E-state index in [4.69, 9.17) is 0 Å². The van der Waals surface area contributed by atoms with Crippen molar-refractivity contribution in [1.29, 1.82) is 0 Å². The second kappa shape index (κ2) is 10.6. The normalized spacial score (nSPS) is 22.9. The number of carbonyl (C=O) groups excluding carboxylic acids is 1. The Morgan fingerprint density at radius 2 is 1.88 bits per heavy atom. The number of urea groups is 1. The van der Waals surface area contributed by atoms with E-state index in [0.29, 0.717) is 16.4 Å². The monoisotopic (exact) mass is 441 g/mol. The summed E-state index contributed by atoms with van der Waals surface area (Å²) in [6, 6.07) is 14.3. The van der Waals surface area contributed by atoms with Crippen LogP contribution in [0.2, 0.25) is 0 Å². The molecule has 2 aromatic rings. The number of anilines is 1. The van der Waals surface area contributed by atoms with E-state index >= 15 is 0 Å². The van der Waals surface area contributed by atoms with Crippen molar-refractivity contribution in [2.45, 2.75) is 45.2 Å². The van der Waals surface area contributed by atoms with Crippen molar-refractivity contribution in [1.82, 2.24) is 20.9 Å². The number of benzene rings is 2. The molecule has 0 aliphatic carbocycles. The standard InChI is InChI=1S/C25H40N6O/c1-18(2)22-17-23(26-14-9-15-30(3)4)31(5,6)24(28-22)29-25(32)27-21-13-12-19-10-7-8-11-20(19)16-21/h7-8,10-13,16,18,22-24,26,28H,9,14-15,17H2,1-6H3,(H-,27,29,32)/p+1. The number of quaternary nitrogens is 1. The van der Waals surface area contributed by atoms with Crippen molar-refractivity contribution < 1.29 is 9.28 Å². The van der Waals surface area contributed by atoms with E-state index < -0.39 is 0 Å². The molecular weight excluding hydrogens is 400 g/mol. The smallest absolute Gasteiger partial charge is 0.309 e. The molecule has 32 heavy (non-hydrogen) atoms. The van der Waals surface area contributed by atoms with Gasteiger partial charge < -0.3 is 10.2 Å². The summed E-state index contributed by atoms with van der Waals surface area (Å²) in [5.41, 5.74) is 0.793. The van der Waals surface area contributed by atoms with E-state index in [2.05, 4.69) is 80.3 Å². The Hall–Kier alpha value is -2.19. The molecule has 1 saturated heterocycles. The van der Waals surface area contributed by atoms with Gasteiger partial charge in [-0.2, -0.15) is 0 Å². The van der Waals surface area contributed by atoms with Gasteiger partial charge in [0.1, 0.15) is 6.17 Å². The fraction of sp³-hybridized carbons (Fsp3) is 0.560. The molecule has 3 unspecified atom stereocenters. The van der Waals surface area contributed by atoms with Gasteiger partial charge in [0.25, 0.3) is 0 Å². The molecule has 3 atom stereocenters. The molecule has 0 spiro atoms. The van der Waals surface area contributed by atoms with Gasteiger partial charge >= 0.3 is 6.03 Å². The maximum Gasteiger partial charge on any atom is 0.324 e. The van der Waals surface area contributed by atoms with Crippen LogP contribution in [0.3, 0.4) is 0 Å². The Bertz CT molecular complexity index is 897. The first-order valence-corrected chi connectivity index (χ1v) is 11.7. The average molecular weight is 442 g/mol. The number of hydrogen-bond donors (Lipinski definition) is 4. The van der Waals surface area contributed by atoms with Crippen molar-refractivity contribution in [2.75, 3.05) is 46.6 Å². The largest absolute Gasteiger partial charge is 0.324 e. The van der Waals surface area contributed by atoms with Crippen molar-refractivity contribution in [3.8, 4) is 0 Å². The molecule has 0 bridgehead atoms. The van der Waals surface area contributed by atoms with E-state index in [0.717, 1.165) is 42.4 Å². The Balaban J connectivity index is 1.66. The van der Waals surface area contributed by atoms with Gasteiger partial charge in [-0.15, -0.1) is 0 Å². The fourth-order valence-electron chi connectivity index (χ4n) is 4.37. The molecule has 7 nitrogen and oxygen atoms in total.